The molecule has 0 unspecified atom stereocenters. The van der Waals surface area contributed by atoms with Crippen LogP contribution in [0.5, 0.6) is 0 Å². The minimum absolute atomic E-state index is 0.0365. The normalized spacial score (nSPS) is 28.4. The van der Waals surface area contributed by atoms with E-state index in [1.54, 1.807) is 0 Å². The number of ether oxygens (including phenoxy) is 1. The standard InChI is InChI=1S/C10H18O3/c1-2-3-8-4-6-9(7-5-8)13-10(11)12/h8-9H,2-7H2,1H3,(H,11,12)/t8-,9-. The van der Waals surface area contributed by atoms with Gasteiger partial charge >= 0.3 is 6.16 Å². The van der Waals surface area contributed by atoms with Crippen molar-refractivity contribution in [2.45, 2.75) is 51.6 Å². The van der Waals surface area contributed by atoms with Crippen LogP contribution in [0.2, 0.25) is 0 Å². The molecule has 0 spiro atoms. The lowest BCUT2D eigenvalue weighted by molar-refractivity contribution is 0.0276. The van der Waals surface area contributed by atoms with Crippen LogP contribution in [0.4, 0.5) is 4.79 Å². The lowest BCUT2D eigenvalue weighted by atomic mass is 9.85. The fourth-order valence-electron chi connectivity index (χ4n) is 2.09. The number of rotatable bonds is 3. The van der Waals surface area contributed by atoms with E-state index in [4.69, 9.17) is 9.84 Å². The Morgan fingerprint density at radius 2 is 2.00 bits per heavy atom. The van der Waals surface area contributed by atoms with Crippen LogP contribution >= 0.6 is 0 Å². The molecule has 0 aliphatic heterocycles. The summed E-state index contributed by atoms with van der Waals surface area (Å²) in [7, 11) is 0. The zero-order chi connectivity index (χ0) is 9.68. The van der Waals surface area contributed by atoms with Crippen LogP contribution in [0.15, 0.2) is 0 Å². The van der Waals surface area contributed by atoms with E-state index in [0.29, 0.717) is 0 Å². The summed E-state index contributed by atoms with van der Waals surface area (Å²) >= 11 is 0. The molecule has 1 fully saturated rings. The molecule has 76 valence electrons. The molecule has 0 heterocycles. The molecule has 1 N–H and O–H groups in total. The third-order valence-corrected chi connectivity index (χ3v) is 2.76. The Hall–Kier alpha value is -0.730. The second-order valence-corrected chi connectivity index (χ2v) is 3.82. The van der Waals surface area contributed by atoms with Gasteiger partial charge in [0.1, 0.15) is 6.10 Å². The summed E-state index contributed by atoms with van der Waals surface area (Å²) in [6, 6.07) is 0. The topological polar surface area (TPSA) is 46.5 Å². The van der Waals surface area contributed by atoms with Crippen LogP contribution < -0.4 is 0 Å². The Kier molecular flexibility index (Phi) is 4.06. The fraction of sp³-hybridized carbons (Fsp3) is 0.900. The smallest absolute Gasteiger partial charge is 0.450 e. The van der Waals surface area contributed by atoms with Crippen molar-refractivity contribution >= 4 is 6.16 Å². The molecule has 13 heavy (non-hydrogen) atoms. The molecule has 1 rings (SSSR count). The van der Waals surface area contributed by atoms with Gasteiger partial charge < -0.3 is 9.84 Å². The molecule has 1 aliphatic carbocycles. The minimum atomic E-state index is -1.13. The molecular formula is C10H18O3. The predicted octanol–water partition coefficient (Wildman–Crippen LogP) is 3.04. The Balaban J connectivity index is 2.18. The van der Waals surface area contributed by atoms with Gasteiger partial charge in [-0.15, -0.1) is 0 Å². The van der Waals surface area contributed by atoms with Crippen molar-refractivity contribution < 1.29 is 14.6 Å². The second-order valence-electron chi connectivity index (χ2n) is 3.82. The molecule has 0 aromatic carbocycles. The highest BCUT2D eigenvalue weighted by Crippen LogP contribution is 2.29. The van der Waals surface area contributed by atoms with E-state index < -0.39 is 6.16 Å². The second kappa shape index (κ2) is 5.10. The maximum Gasteiger partial charge on any atom is 0.506 e. The molecule has 0 aromatic rings. The third-order valence-electron chi connectivity index (χ3n) is 2.76. The van der Waals surface area contributed by atoms with Gasteiger partial charge in [0, 0.05) is 0 Å². The first-order chi connectivity index (χ1) is 6.22. The van der Waals surface area contributed by atoms with Crippen molar-refractivity contribution in [1.29, 1.82) is 0 Å². The maximum atomic E-state index is 10.3. The zero-order valence-electron chi connectivity index (χ0n) is 8.16. The number of carbonyl (C=O) groups is 1. The van der Waals surface area contributed by atoms with E-state index >= 15 is 0 Å². The van der Waals surface area contributed by atoms with Crippen LogP contribution in [-0.2, 0) is 4.74 Å². The summed E-state index contributed by atoms with van der Waals surface area (Å²) in [5.41, 5.74) is 0. The molecule has 0 aromatic heterocycles. The van der Waals surface area contributed by atoms with Crippen LogP contribution in [-0.4, -0.2) is 17.4 Å². The van der Waals surface area contributed by atoms with Gasteiger partial charge in [0.2, 0.25) is 0 Å². The molecule has 3 nitrogen and oxygen atoms in total. The summed E-state index contributed by atoms with van der Waals surface area (Å²) in [4.78, 5) is 10.3. The van der Waals surface area contributed by atoms with Gasteiger partial charge in [0.25, 0.3) is 0 Å². The molecular weight excluding hydrogens is 168 g/mol. The van der Waals surface area contributed by atoms with Crippen LogP contribution in [0, 0.1) is 5.92 Å². The van der Waals surface area contributed by atoms with Gasteiger partial charge in [-0.05, 0) is 31.6 Å². The minimum Gasteiger partial charge on any atom is -0.450 e. The Bertz CT molecular complexity index is 160. The van der Waals surface area contributed by atoms with Gasteiger partial charge in [-0.1, -0.05) is 19.8 Å². The monoisotopic (exact) mass is 186 g/mol. The van der Waals surface area contributed by atoms with Gasteiger partial charge in [0.15, 0.2) is 0 Å². The average Bonchev–Trinajstić information content (AvgIpc) is 2.08. The van der Waals surface area contributed by atoms with Gasteiger partial charge in [-0.2, -0.15) is 0 Å². The highest BCUT2D eigenvalue weighted by atomic mass is 16.7. The van der Waals surface area contributed by atoms with E-state index in [-0.39, 0.29) is 6.10 Å². The average molecular weight is 186 g/mol. The quantitative estimate of drug-likeness (QED) is 0.689. The van der Waals surface area contributed by atoms with E-state index in [1.165, 1.54) is 12.8 Å². The Labute approximate surface area is 79.1 Å². The van der Waals surface area contributed by atoms with E-state index in [1.807, 2.05) is 0 Å². The van der Waals surface area contributed by atoms with Crippen molar-refractivity contribution in [3.8, 4) is 0 Å². The first-order valence-corrected chi connectivity index (χ1v) is 5.12. The van der Waals surface area contributed by atoms with E-state index in [9.17, 15) is 4.79 Å². The molecule has 1 saturated carbocycles. The lowest BCUT2D eigenvalue weighted by Gasteiger charge is -2.27. The molecule has 0 radical (unpaired) electrons. The molecule has 0 atom stereocenters. The van der Waals surface area contributed by atoms with Crippen molar-refractivity contribution in [2.75, 3.05) is 0 Å². The lowest BCUT2D eigenvalue weighted by Crippen LogP contribution is -2.23. The Morgan fingerprint density at radius 1 is 1.38 bits per heavy atom. The first kappa shape index (κ1) is 10.4. The maximum absolute atomic E-state index is 10.3. The van der Waals surface area contributed by atoms with Gasteiger partial charge in [0.05, 0.1) is 0 Å². The summed E-state index contributed by atoms with van der Waals surface area (Å²) in [6.07, 6.45) is 5.44. The molecule has 0 bridgehead atoms. The van der Waals surface area contributed by atoms with Crippen LogP contribution in [0.25, 0.3) is 0 Å². The zero-order valence-corrected chi connectivity index (χ0v) is 8.16. The van der Waals surface area contributed by atoms with Crippen molar-refractivity contribution in [1.82, 2.24) is 0 Å². The summed E-state index contributed by atoms with van der Waals surface area (Å²) < 4.78 is 4.73. The molecule has 0 saturated heterocycles. The largest absolute Gasteiger partial charge is 0.506 e. The van der Waals surface area contributed by atoms with E-state index in [0.717, 1.165) is 31.6 Å². The summed E-state index contributed by atoms with van der Waals surface area (Å²) in [5.74, 6) is 0.804. The number of hydrogen-bond donors (Lipinski definition) is 1. The van der Waals surface area contributed by atoms with Crippen molar-refractivity contribution in [3.05, 3.63) is 0 Å². The molecule has 3 heteroatoms. The third kappa shape index (κ3) is 3.66. The number of hydrogen-bond acceptors (Lipinski definition) is 2. The Morgan fingerprint density at radius 3 is 2.46 bits per heavy atom. The van der Waals surface area contributed by atoms with Crippen LogP contribution in [0.3, 0.4) is 0 Å². The van der Waals surface area contributed by atoms with Gasteiger partial charge in [-0.3, -0.25) is 0 Å². The highest BCUT2D eigenvalue weighted by Gasteiger charge is 2.22. The van der Waals surface area contributed by atoms with Crippen molar-refractivity contribution in [2.24, 2.45) is 5.92 Å². The van der Waals surface area contributed by atoms with Gasteiger partial charge in [-0.25, -0.2) is 4.79 Å². The van der Waals surface area contributed by atoms with E-state index in [2.05, 4.69) is 6.92 Å². The number of carboxylic acid groups (broad SMARTS) is 1. The van der Waals surface area contributed by atoms with Crippen LogP contribution in [0.1, 0.15) is 45.4 Å². The summed E-state index contributed by atoms with van der Waals surface area (Å²) in [5, 5.41) is 8.41. The highest BCUT2D eigenvalue weighted by molar-refractivity contribution is 5.57. The predicted molar refractivity (Wildman–Crippen MR) is 49.8 cm³/mol. The first-order valence-electron chi connectivity index (χ1n) is 5.12. The molecule has 0 amide bonds. The molecule has 1 aliphatic rings. The summed E-state index contributed by atoms with van der Waals surface area (Å²) in [6.45, 7) is 2.19. The fourth-order valence-corrected chi connectivity index (χ4v) is 2.09. The van der Waals surface area contributed by atoms with Crippen molar-refractivity contribution in [3.63, 3.8) is 0 Å². The SMILES string of the molecule is CCC[C@H]1CC[C@H](OC(=O)O)CC1.